The van der Waals surface area contributed by atoms with E-state index in [1.54, 1.807) is 18.2 Å². The molecule has 124 valence electrons. The zero-order valence-corrected chi connectivity index (χ0v) is 13.5. The number of hydrogen-bond acceptors (Lipinski definition) is 7. The fourth-order valence-electron chi connectivity index (χ4n) is 1.74. The van der Waals surface area contributed by atoms with Crippen LogP contribution in [0.3, 0.4) is 0 Å². The van der Waals surface area contributed by atoms with Gasteiger partial charge in [-0.05, 0) is 18.2 Å². The van der Waals surface area contributed by atoms with Gasteiger partial charge in [0.1, 0.15) is 12.4 Å². The fourth-order valence-corrected chi connectivity index (χ4v) is 2.20. The number of H-pyrrole nitrogens is 1. The monoisotopic (exact) mass is 368 g/mol. The number of ether oxygens (including phenoxy) is 1. The number of tetrazole rings is 1. The minimum atomic E-state index is -0.431. The zero-order valence-electron chi connectivity index (χ0n) is 12.0. The minimum Gasteiger partial charge on any atom is -0.484 e. The van der Waals surface area contributed by atoms with Crippen molar-refractivity contribution >= 4 is 29.1 Å². The van der Waals surface area contributed by atoms with Crippen LogP contribution in [0.4, 0.5) is 0 Å². The Morgan fingerprint density at radius 3 is 2.96 bits per heavy atom. The van der Waals surface area contributed by atoms with Gasteiger partial charge in [-0.15, -0.1) is 10.2 Å². The molecule has 0 aliphatic rings. The van der Waals surface area contributed by atoms with Crippen molar-refractivity contribution in [3.8, 4) is 5.75 Å². The summed E-state index contributed by atoms with van der Waals surface area (Å²) >= 11 is 11.8. The van der Waals surface area contributed by atoms with E-state index < -0.39 is 5.91 Å². The first kappa shape index (κ1) is 16.2. The van der Waals surface area contributed by atoms with Crippen LogP contribution in [-0.4, -0.2) is 31.7 Å². The molecule has 2 heterocycles. The third kappa shape index (κ3) is 4.00. The molecule has 9 nitrogen and oxygen atoms in total. The Morgan fingerprint density at radius 2 is 2.21 bits per heavy atom. The van der Waals surface area contributed by atoms with Gasteiger partial charge in [0.05, 0.1) is 11.6 Å². The second-order valence-electron chi connectivity index (χ2n) is 4.55. The van der Waals surface area contributed by atoms with E-state index in [1.165, 1.54) is 6.07 Å². The molecule has 0 spiro atoms. The molecule has 2 aromatic heterocycles. The number of amides is 1. The van der Waals surface area contributed by atoms with Crippen LogP contribution in [0.5, 0.6) is 5.75 Å². The molecule has 11 heteroatoms. The normalized spacial score (nSPS) is 10.6. The van der Waals surface area contributed by atoms with Gasteiger partial charge in [0, 0.05) is 11.1 Å². The van der Waals surface area contributed by atoms with Crippen LogP contribution in [0.25, 0.3) is 0 Å². The summed E-state index contributed by atoms with van der Waals surface area (Å²) in [6, 6.07) is 6.32. The van der Waals surface area contributed by atoms with E-state index in [0.29, 0.717) is 27.4 Å². The molecule has 3 aromatic rings. The standard InChI is InChI=1S/C13H10Cl2N6O3/c14-7-1-2-11(9(15)3-7)23-6-8-4-10(19-24-8)13(22)16-5-12-17-20-21-18-12/h1-4H,5-6H2,(H,16,22)(H,17,18,20,21). The predicted molar refractivity (Wildman–Crippen MR) is 82.6 cm³/mol. The fraction of sp³-hybridized carbons (Fsp3) is 0.154. The molecule has 2 N–H and O–H groups in total. The van der Waals surface area contributed by atoms with E-state index >= 15 is 0 Å². The lowest BCUT2D eigenvalue weighted by atomic mass is 10.3. The minimum absolute atomic E-state index is 0.0620. The molecule has 0 radical (unpaired) electrons. The molecule has 0 unspecified atom stereocenters. The first-order valence-electron chi connectivity index (χ1n) is 6.66. The van der Waals surface area contributed by atoms with Gasteiger partial charge in [-0.1, -0.05) is 33.6 Å². The number of nitrogens with zero attached hydrogens (tertiary/aromatic N) is 4. The summed E-state index contributed by atoms with van der Waals surface area (Å²) in [5, 5.41) is 20.2. The van der Waals surface area contributed by atoms with Gasteiger partial charge < -0.3 is 14.6 Å². The average Bonchev–Trinajstić information content (AvgIpc) is 3.23. The molecule has 0 fully saturated rings. The summed E-state index contributed by atoms with van der Waals surface area (Å²) in [7, 11) is 0. The van der Waals surface area contributed by atoms with E-state index in [-0.39, 0.29) is 18.8 Å². The number of carbonyl (C=O) groups is 1. The number of halogens is 2. The Labute approximate surface area is 145 Å². The Morgan fingerprint density at radius 1 is 1.33 bits per heavy atom. The lowest BCUT2D eigenvalue weighted by Gasteiger charge is -2.05. The summed E-state index contributed by atoms with van der Waals surface area (Å²) in [6.45, 7) is 0.181. The van der Waals surface area contributed by atoms with Gasteiger partial charge in [0.25, 0.3) is 5.91 Å². The van der Waals surface area contributed by atoms with Crippen LogP contribution in [-0.2, 0) is 13.2 Å². The van der Waals surface area contributed by atoms with Crippen LogP contribution in [0.2, 0.25) is 10.0 Å². The Bertz CT molecular complexity index is 836. The molecule has 24 heavy (non-hydrogen) atoms. The predicted octanol–water partition coefficient (Wildman–Crippen LogP) is 2.00. The van der Waals surface area contributed by atoms with Gasteiger partial charge in [-0.3, -0.25) is 4.79 Å². The zero-order chi connectivity index (χ0) is 16.9. The average molecular weight is 369 g/mol. The number of carbonyl (C=O) groups excluding carboxylic acids is 1. The van der Waals surface area contributed by atoms with Crippen molar-refractivity contribution in [2.75, 3.05) is 0 Å². The second kappa shape index (κ2) is 7.28. The highest BCUT2D eigenvalue weighted by Gasteiger charge is 2.14. The van der Waals surface area contributed by atoms with Crippen molar-refractivity contribution in [1.29, 1.82) is 0 Å². The van der Waals surface area contributed by atoms with E-state index in [0.717, 1.165) is 0 Å². The molecule has 1 amide bonds. The molecule has 0 aliphatic heterocycles. The highest BCUT2D eigenvalue weighted by Crippen LogP contribution is 2.28. The van der Waals surface area contributed by atoms with E-state index in [4.69, 9.17) is 32.5 Å². The summed E-state index contributed by atoms with van der Waals surface area (Å²) in [5.41, 5.74) is 0.110. The highest BCUT2D eigenvalue weighted by atomic mass is 35.5. The van der Waals surface area contributed by atoms with Gasteiger partial charge >= 0.3 is 0 Å². The number of benzene rings is 1. The van der Waals surface area contributed by atoms with Gasteiger partial charge in [-0.2, -0.15) is 5.21 Å². The number of aromatic nitrogens is 5. The van der Waals surface area contributed by atoms with Crippen LogP contribution >= 0.6 is 23.2 Å². The van der Waals surface area contributed by atoms with Crippen LogP contribution in [0, 0.1) is 0 Å². The summed E-state index contributed by atoms with van der Waals surface area (Å²) in [5.74, 6) is 0.735. The van der Waals surface area contributed by atoms with Gasteiger partial charge in [0.15, 0.2) is 17.3 Å². The molecule has 0 saturated carbocycles. The number of nitrogens with one attached hydrogen (secondary N) is 2. The first-order valence-corrected chi connectivity index (χ1v) is 7.41. The SMILES string of the molecule is O=C(NCc1nn[nH]n1)c1cc(COc2ccc(Cl)cc2Cl)on1. The number of rotatable bonds is 6. The van der Waals surface area contributed by atoms with Crippen LogP contribution < -0.4 is 10.1 Å². The lowest BCUT2D eigenvalue weighted by Crippen LogP contribution is -2.23. The van der Waals surface area contributed by atoms with Crippen molar-refractivity contribution in [2.24, 2.45) is 0 Å². The van der Waals surface area contributed by atoms with Crippen molar-refractivity contribution in [1.82, 2.24) is 31.1 Å². The Balaban J connectivity index is 1.55. The molecular weight excluding hydrogens is 359 g/mol. The quantitative estimate of drug-likeness (QED) is 0.682. The molecule has 1 aromatic carbocycles. The molecule has 0 aliphatic carbocycles. The van der Waals surface area contributed by atoms with Crippen molar-refractivity contribution in [3.05, 3.63) is 51.6 Å². The first-order chi connectivity index (χ1) is 11.6. The van der Waals surface area contributed by atoms with E-state index in [9.17, 15) is 4.79 Å². The number of hydrogen-bond donors (Lipinski definition) is 2. The van der Waals surface area contributed by atoms with Gasteiger partial charge in [0.2, 0.25) is 0 Å². The Kier molecular flexibility index (Phi) is 4.92. The summed E-state index contributed by atoms with van der Waals surface area (Å²) in [4.78, 5) is 11.9. The molecular formula is C13H10Cl2N6O3. The largest absolute Gasteiger partial charge is 0.484 e. The van der Waals surface area contributed by atoms with E-state index in [2.05, 4.69) is 31.1 Å². The molecule has 0 atom stereocenters. The number of aromatic amines is 1. The van der Waals surface area contributed by atoms with Crippen LogP contribution in [0.15, 0.2) is 28.8 Å². The maximum Gasteiger partial charge on any atom is 0.273 e. The third-order valence-corrected chi connectivity index (χ3v) is 3.38. The molecule has 0 saturated heterocycles. The lowest BCUT2D eigenvalue weighted by molar-refractivity contribution is 0.0940. The summed E-state index contributed by atoms with van der Waals surface area (Å²) in [6.07, 6.45) is 0. The van der Waals surface area contributed by atoms with Crippen LogP contribution in [0.1, 0.15) is 22.1 Å². The Hall–Kier alpha value is -2.65. The maximum atomic E-state index is 11.9. The molecule has 0 bridgehead atoms. The topological polar surface area (TPSA) is 119 Å². The smallest absolute Gasteiger partial charge is 0.273 e. The van der Waals surface area contributed by atoms with E-state index in [1.807, 2.05) is 0 Å². The highest BCUT2D eigenvalue weighted by molar-refractivity contribution is 6.35. The maximum absolute atomic E-state index is 11.9. The summed E-state index contributed by atoms with van der Waals surface area (Å²) < 4.78 is 10.6. The van der Waals surface area contributed by atoms with Crippen molar-refractivity contribution in [2.45, 2.75) is 13.2 Å². The third-order valence-electron chi connectivity index (χ3n) is 2.85. The molecule has 3 rings (SSSR count). The van der Waals surface area contributed by atoms with Crippen molar-refractivity contribution < 1.29 is 14.1 Å². The van der Waals surface area contributed by atoms with Crippen molar-refractivity contribution in [3.63, 3.8) is 0 Å². The van der Waals surface area contributed by atoms with Gasteiger partial charge in [-0.25, -0.2) is 0 Å². The second-order valence-corrected chi connectivity index (χ2v) is 5.40.